The average Bonchev–Trinajstić information content (AvgIpc) is 2.63. The van der Waals surface area contributed by atoms with Gasteiger partial charge in [-0.2, -0.15) is 0 Å². The topological polar surface area (TPSA) is 47.6 Å². The van der Waals surface area contributed by atoms with Crippen molar-refractivity contribution in [3.8, 4) is 11.5 Å². The number of nitrogens with one attached hydrogen (secondary N) is 1. The first kappa shape index (κ1) is 17.6. The second kappa shape index (κ2) is 8.25. The largest absolute Gasteiger partial charge is 0.486 e. The monoisotopic (exact) mass is 361 g/mol. The van der Waals surface area contributed by atoms with Gasteiger partial charge < -0.3 is 14.8 Å². The second-order valence-corrected chi connectivity index (χ2v) is 7.15. The third-order valence-corrected chi connectivity index (χ3v) is 4.92. The first-order valence-corrected chi connectivity index (χ1v) is 9.08. The van der Waals surface area contributed by atoms with Crippen LogP contribution < -0.4 is 14.8 Å². The van der Waals surface area contributed by atoms with E-state index in [2.05, 4.69) is 5.32 Å². The van der Waals surface area contributed by atoms with E-state index < -0.39 is 0 Å². The molecular weight excluding hydrogens is 341 g/mol. The molecule has 0 radical (unpaired) electrons. The molecule has 3 rings (SSSR count). The van der Waals surface area contributed by atoms with Crippen molar-refractivity contribution in [3.05, 3.63) is 53.8 Å². The van der Waals surface area contributed by atoms with Crippen LogP contribution >= 0.6 is 11.8 Å². The maximum absolute atomic E-state index is 12.9. The summed E-state index contributed by atoms with van der Waals surface area (Å²) in [6, 6.07) is 12.0. The molecule has 0 fully saturated rings. The van der Waals surface area contributed by atoms with Gasteiger partial charge in [-0.25, -0.2) is 4.39 Å². The lowest BCUT2D eigenvalue weighted by atomic mass is 10.1. The minimum absolute atomic E-state index is 0.0259. The molecule has 2 aromatic rings. The molecule has 1 amide bonds. The number of hydrogen-bond donors (Lipinski definition) is 1. The summed E-state index contributed by atoms with van der Waals surface area (Å²) >= 11 is 1.48. The molecule has 132 valence electrons. The van der Waals surface area contributed by atoms with Crippen molar-refractivity contribution in [3.63, 3.8) is 0 Å². The smallest absolute Gasteiger partial charge is 0.233 e. The Morgan fingerprint density at radius 1 is 1.16 bits per heavy atom. The average molecular weight is 361 g/mol. The SMILES string of the molecule is C[C@H](Sc1ccc2c(c1)OCCO2)C(=O)NCCc1ccc(F)cc1. The highest BCUT2D eigenvalue weighted by Gasteiger charge is 2.17. The lowest BCUT2D eigenvalue weighted by Crippen LogP contribution is -2.32. The second-order valence-electron chi connectivity index (χ2n) is 5.73. The van der Waals surface area contributed by atoms with Crippen molar-refractivity contribution < 1.29 is 18.7 Å². The van der Waals surface area contributed by atoms with Crippen LogP contribution in [0.1, 0.15) is 12.5 Å². The lowest BCUT2D eigenvalue weighted by molar-refractivity contribution is -0.120. The van der Waals surface area contributed by atoms with Crippen LogP contribution in [-0.2, 0) is 11.2 Å². The van der Waals surface area contributed by atoms with E-state index in [0.29, 0.717) is 26.2 Å². The molecular formula is C19H20FNO3S. The van der Waals surface area contributed by atoms with Crippen LogP contribution in [0.3, 0.4) is 0 Å². The van der Waals surface area contributed by atoms with E-state index >= 15 is 0 Å². The number of ether oxygens (including phenoxy) is 2. The predicted octanol–water partition coefficient (Wildman–Crippen LogP) is 3.44. The van der Waals surface area contributed by atoms with Gasteiger partial charge in [-0.15, -0.1) is 11.8 Å². The Labute approximate surface area is 150 Å². The van der Waals surface area contributed by atoms with Gasteiger partial charge in [0, 0.05) is 11.4 Å². The molecule has 0 bridgehead atoms. The first-order valence-electron chi connectivity index (χ1n) is 8.20. The molecule has 0 unspecified atom stereocenters. The Bertz CT molecular complexity index is 736. The number of halogens is 1. The van der Waals surface area contributed by atoms with Crippen LogP contribution in [0, 0.1) is 5.82 Å². The van der Waals surface area contributed by atoms with Gasteiger partial charge in [0.1, 0.15) is 19.0 Å². The number of hydrogen-bond acceptors (Lipinski definition) is 4. The Kier molecular flexibility index (Phi) is 5.81. The standard InChI is InChI=1S/C19H20FNO3S/c1-13(19(22)21-9-8-14-2-4-15(20)5-3-14)25-16-6-7-17-18(12-16)24-11-10-23-17/h2-7,12-13H,8-11H2,1H3,(H,21,22)/t13-/m0/s1. The number of benzene rings is 2. The maximum atomic E-state index is 12.9. The quantitative estimate of drug-likeness (QED) is 0.801. The Morgan fingerprint density at radius 3 is 2.64 bits per heavy atom. The van der Waals surface area contributed by atoms with E-state index in [1.807, 2.05) is 25.1 Å². The van der Waals surface area contributed by atoms with Gasteiger partial charge in [-0.05, 0) is 49.2 Å². The van der Waals surface area contributed by atoms with Crippen molar-refractivity contribution in [1.82, 2.24) is 5.32 Å². The predicted molar refractivity (Wildman–Crippen MR) is 95.9 cm³/mol. The molecule has 1 heterocycles. The Hall–Kier alpha value is -2.21. The molecule has 25 heavy (non-hydrogen) atoms. The maximum Gasteiger partial charge on any atom is 0.233 e. The van der Waals surface area contributed by atoms with Crippen LogP contribution in [0.25, 0.3) is 0 Å². The summed E-state index contributed by atoms with van der Waals surface area (Å²) < 4.78 is 23.9. The van der Waals surface area contributed by atoms with E-state index in [1.54, 1.807) is 12.1 Å². The van der Waals surface area contributed by atoms with Crippen molar-refractivity contribution in [2.24, 2.45) is 0 Å². The van der Waals surface area contributed by atoms with Gasteiger partial charge >= 0.3 is 0 Å². The number of carbonyl (C=O) groups is 1. The minimum atomic E-state index is -0.253. The van der Waals surface area contributed by atoms with E-state index in [-0.39, 0.29) is 17.0 Å². The van der Waals surface area contributed by atoms with Crippen LogP contribution in [0.4, 0.5) is 4.39 Å². The Balaban J connectivity index is 1.48. The minimum Gasteiger partial charge on any atom is -0.486 e. The van der Waals surface area contributed by atoms with Gasteiger partial charge in [0.05, 0.1) is 5.25 Å². The van der Waals surface area contributed by atoms with Crippen LogP contribution in [0.5, 0.6) is 11.5 Å². The Morgan fingerprint density at radius 2 is 1.88 bits per heavy atom. The molecule has 0 saturated heterocycles. The van der Waals surface area contributed by atoms with Crippen LogP contribution in [0.15, 0.2) is 47.4 Å². The van der Waals surface area contributed by atoms with Crippen molar-refractivity contribution in [2.45, 2.75) is 23.5 Å². The van der Waals surface area contributed by atoms with E-state index in [4.69, 9.17) is 9.47 Å². The molecule has 0 aromatic heterocycles. The number of rotatable bonds is 6. The summed E-state index contributed by atoms with van der Waals surface area (Å²) in [6.07, 6.45) is 0.674. The molecule has 0 saturated carbocycles. The fraction of sp³-hybridized carbons (Fsp3) is 0.316. The van der Waals surface area contributed by atoms with Gasteiger partial charge in [0.2, 0.25) is 5.91 Å². The third kappa shape index (κ3) is 4.89. The molecule has 1 N–H and O–H groups in total. The fourth-order valence-electron chi connectivity index (χ4n) is 2.48. The molecule has 6 heteroatoms. The molecule has 0 spiro atoms. The fourth-order valence-corrected chi connectivity index (χ4v) is 3.40. The number of fused-ring (bicyclic) bond motifs is 1. The summed E-state index contributed by atoms with van der Waals surface area (Å²) in [7, 11) is 0. The zero-order chi connectivity index (χ0) is 17.6. The summed E-state index contributed by atoms with van der Waals surface area (Å²) in [5.41, 5.74) is 0.994. The highest BCUT2D eigenvalue weighted by molar-refractivity contribution is 8.00. The van der Waals surface area contributed by atoms with Gasteiger partial charge in [-0.1, -0.05) is 12.1 Å². The zero-order valence-electron chi connectivity index (χ0n) is 14.0. The van der Waals surface area contributed by atoms with Gasteiger partial charge in [0.25, 0.3) is 0 Å². The normalized spacial score (nSPS) is 14.0. The summed E-state index contributed by atoms with van der Waals surface area (Å²) in [4.78, 5) is 13.2. The summed E-state index contributed by atoms with van der Waals surface area (Å²) in [6.45, 7) is 3.50. The molecule has 0 aliphatic carbocycles. The van der Waals surface area contributed by atoms with E-state index in [1.165, 1.54) is 23.9 Å². The number of amides is 1. The van der Waals surface area contributed by atoms with E-state index in [9.17, 15) is 9.18 Å². The van der Waals surface area contributed by atoms with Crippen molar-refractivity contribution in [1.29, 1.82) is 0 Å². The lowest BCUT2D eigenvalue weighted by Gasteiger charge is -2.19. The van der Waals surface area contributed by atoms with Crippen molar-refractivity contribution in [2.75, 3.05) is 19.8 Å². The molecule has 1 aliphatic rings. The van der Waals surface area contributed by atoms with Crippen LogP contribution in [-0.4, -0.2) is 30.9 Å². The van der Waals surface area contributed by atoms with Gasteiger partial charge in [0.15, 0.2) is 11.5 Å². The van der Waals surface area contributed by atoms with Crippen molar-refractivity contribution >= 4 is 17.7 Å². The number of carbonyl (C=O) groups excluding carboxylic acids is 1. The molecule has 2 aromatic carbocycles. The first-order chi connectivity index (χ1) is 12.1. The van der Waals surface area contributed by atoms with Crippen LogP contribution in [0.2, 0.25) is 0 Å². The molecule has 1 aliphatic heterocycles. The third-order valence-electron chi connectivity index (χ3n) is 3.82. The molecule has 4 nitrogen and oxygen atoms in total. The highest BCUT2D eigenvalue weighted by atomic mass is 32.2. The zero-order valence-corrected chi connectivity index (χ0v) is 14.8. The summed E-state index contributed by atoms with van der Waals surface area (Å²) in [5, 5.41) is 2.69. The van der Waals surface area contributed by atoms with E-state index in [0.717, 1.165) is 22.0 Å². The highest BCUT2D eigenvalue weighted by Crippen LogP contribution is 2.35. The van der Waals surface area contributed by atoms with Gasteiger partial charge in [-0.3, -0.25) is 4.79 Å². The summed E-state index contributed by atoms with van der Waals surface area (Å²) in [5.74, 6) is 1.19. The molecule has 1 atom stereocenters. The number of thioether (sulfide) groups is 1.